The lowest BCUT2D eigenvalue weighted by Crippen LogP contribution is -2.16. The van der Waals surface area contributed by atoms with Crippen LogP contribution in [0.15, 0.2) is 23.2 Å². The minimum Gasteiger partial charge on any atom is -0.492 e. The number of carbonyl (C=O) groups is 1. The maximum absolute atomic E-state index is 11.8. The van der Waals surface area contributed by atoms with Crippen LogP contribution in [0.4, 0.5) is 0 Å². The van der Waals surface area contributed by atoms with E-state index >= 15 is 0 Å². The topological polar surface area (TPSA) is 43.6 Å². The van der Waals surface area contributed by atoms with E-state index in [0.29, 0.717) is 13.0 Å². The molecule has 1 aromatic carbocycles. The number of carbonyl (C=O) groups excluding carboxylic acids is 1. The van der Waals surface area contributed by atoms with E-state index in [1.54, 1.807) is 0 Å². The number of fused-ring (bicyclic) bond motifs is 1. The van der Waals surface area contributed by atoms with Gasteiger partial charge < -0.3 is 9.30 Å². The van der Waals surface area contributed by atoms with Crippen molar-refractivity contribution < 1.29 is 9.53 Å². The molecular weight excluding hydrogens is 272 g/mol. The van der Waals surface area contributed by atoms with Crippen LogP contribution in [-0.4, -0.2) is 17.1 Å². The highest BCUT2D eigenvalue weighted by atomic mass is 32.1. The minimum atomic E-state index is -0.0563. The van der Waals surface area contributed by atoms with Crippen LogP contribution in [0.3, 0.4) is 0 Å². The Morgan fingerprint density at radius 1 is 1.35 bits per heavy atom. The van der Waals surface area contributed by atoms with Gasteiger partial charge in [0.25, 0.3) is 0 Å². The Morgan fingerprint density at radius 3 is 2.80 bits per heavy atom. The van der Waals surface area contributed by atoms with Gasteiger partial charge in [0.2, 0.25) is 5.91 Å². The molecule has 0 fully saturated rings. The molecule has 0 spiro atoms. The Kier molecular flexibility index (Phi) is 4.95. The molecule has 0 saturated carbocycles. The molecule has 2 rings (SSSR count). The van der Waals surface area contributed by atoms with Crippen molar-refractivity contribution in [3.63, 3.8) is 0 Å². The fourth-order valence-electron chi connectivity index (χ4n) is 2.12. The van der Waals surface area contributed by atoms with Gasteiger partial charge in [-0.3, -0.25) is 4.79 Å². The van der Waals surface area contributed by atoms with Crippen molar-refractivity contribution >= 4 is 27.5 Å². The van der Waals surface area contributed by atoms with Crippen molar-refractivity contribution in [1.29, 1.82) is 0 Å². The van der Waals surface area contributed by atoms with E-state index in [-0.39, 0.29) is 5.91 Å². The first-order valence-corrected chi connectivity index (χ1v) is 7.85. The van der Waals surface area contributed by atoms with Gasteiger partial charge in [0.1, 0.15) is 11.3 Å². The summed E-state index contributed by atoms with van der Waals surface area (Å²) in [6.45, 7) is 7.40. The lowest BCUT2D eigenvalue weighted by atomic mass is 10.3. The van der Waals surface area contributed by atoms with Gasteiger partial charge in [-0.2, -0.15) is 4.99 Å². The van der Waals surface area contributed by atoms with Gasteiger partial charge >= 0.3 is 0 Å². The van der Waals surface area contributed by atoms with Gasteiger partial charge in [-0.25, -0.2) is 0 Å². The van der Waals surface area contributed by atoms with E-state index in [2.05, 4.69) is 16.5 Å². The number of hydrogen-bond acceptors (Lipinski definition) is 3. The summed E-state index contributed by atoms with van der Waals surface area (Å²) in [5, 5.41) is 0. The fraction of sp³-hybridized carbons (Fsp3) is 0.467. The highest BCUT2D eigenvalue weighted by Gasteiger charge is 2.11. The van der Waals surface area contributed by atoms with Gasteiger partial charge in [0.05, 0.1) is 11.3 Å². The third-order valence-electron chi connectivity index (χ3n) is 2.96. The third kappa shape index (κ3) is 2.93. The first-order chi connectivity index (χ1) is 9.71. The average Bonchev–Trinajstić information content (AvgIpc) is 2.77. The van der Waals surface area contributed by atoms with E-state index in [4.69, 9.17) is 4.74 Å². The Balaban J connectivity index is 2.63. The minimum absolute atomic E-state index is 0.0563. The number of amides is 1. The van der Waals surface area contributed by atoms with E-state index in [1.165, 1.54) is 11.3 Å². The fourth-order valence-corrected chi connectivity index (χ4v) is 3.25. The second kappa shape index (κ2) is 6.70. The highest BCUT2D eigenvalue weighted by molar-refractivity contribution is 7.16. The van der Waals surface area contributed by atoms with Crippen LogP contribution < -0.4 is 9.54 Å². The van der Waals surface area contributed by atoms with Crippen molar-refractivity contribution in [1.82, 2.24) is 4.57 Å². The number of thiazole rings is 1. The molecule has 0 aliphatic heterocycles. The summed E-state index contributed by atoms with van der Waals surface area (Å²) < 4.78 is 8.84. The number of rotatable bonds is 5. The largest absolute Gasteiger partial charge is 0.492 e. The average molecular weight is 292 g/mol. The molecule has 0 radical (unpaired) electrons. The van der Waals surface area contributed by atoms with Gasteiger partial charge in [-0.15, -0.1) is 0 Å². The molecule has 0 unspecified atom stereocenters. The summed E-state index contributed by atoms with van der Waals surface area (Å²) in [5.41, 5.74) is 1.03. The van der Waals surface area contributed by atoms with Gasteiger partial charge in [0, 0.05) is 13.0 Å². The second-order valence-electron chi connectivity index (χ2n) is 4.42. The first kappa shape index (κ1) is 14.8. The number of ether oxygens (including phenoxy) is 1. The third-order valence-corrected chi connectivity index (χ3v) is 4.01. The van der Waals surface area contributed by atoms with Gasteiger partial charge in [0.15, 0.2) is 4.80 Å². The summed E-state index contributed by atoms with van der Waals surface area (Å²) in [5.74, 6) is 0.798. The highest BCUT2D eigenvalue weighted by Crippen LogP contribution is 2.27. The van der Waals surface area contributed by atoms with Crippen molar-refractivity contribution in [2.45, 2.75) is 40.2 Å². The molecule has 1 aromatic heterocycles. The molecule has 0 atom stereocenters. The molecule has 5 heteroatoms. The molecule has 2 aromatic rings. The molecule has 0 N–H and O–H groups in total. The predicted octanol–water partition coefficient (Wildman–Crippen LogP) is 3.35. The predicted molar refractivity (Wildman–Crippen MR) is 82.1 cm³/mol. The lowest BCUT2D eigenvalue weighted by Gasteiger charge is -2.07. The van der Waals surface area contributed by atoms with Gasteiger partial charge in [-0.1, -0.05) is 24.3 Å². The van der Waals surface area contributed by atoms with E-state index in [1.807, 2.05) is 32.0 Å². The van der Waals surface area contributed by atoms with Crippen molar-refractivity contribution in [2.75, 3.05) is 6.61 Å². The Labute approximate surface area is 122 Å². The molecule has 20 heavy (non-hydrogen) atoms. The van der Waals surface area contributed by atoms with Gasteiger partial charge in [-0.05, 0) is 32.4 Å². The van der Waals surface area contributed by atoms with E-state index in [0.717, 1.165) is 33.7 Å². The number of benzene rings is 1. The van der Waals surface area contributed by atoms with Crippen LogP contribution in [0.5, 0.6) is 5.75 Å². The zero-order valence-electron chi connectivity index (χ0n) is 12.2. The Morgan fingerprint density at radius 2 is 2.15 bits per heavy atom. The van der Waals surface area contributed by atoms with Crippen LogP contribution in [0.2, 0.25) is 0 Å². The summed E-state index contributed by atoms with van der Waals surface area (Å²) in [6.07, 6.45) is 1.32. The number of hydrogen-bond donors (Lipinski definition) is 0. The molecule has 0 saturated heterocycles. The van der Waals surface area contributed by atoms with Crippen molar-refractivity contribution in [3.05, 3.63) is 23.0 Å². The summed E-state index contributed by atoms with van der Waals surface area (Å²) in [6, 6.07) is 5.97. The Bertz CT molecular complexity index is 670. The maximum Gasteiger partial charge on any atom is 0.248 e. The Hall–Kier alpha value is -1.62. The SMILES string of the molecule is CCCC(=O)N=c1sc2cccc(OCC)c2n1CC. The molecule has 4 nitrogen and oxygen atoms in total. The van der Waals surface area contributed by atoms with Crippen LogP contribution in [0.25, 0.3) is 10.2 Å². The monoisotopic (exact) mass is 292 g/mol. The molecule has 1 heterocycles. The number of aryl methyl sites for hydroxylation is 1. The lowest BCUT2D eigenvalue weighted by molar-refractivity contribution is -0.118. The molecular formula is C15H20N2O2S. The molecule has 108 valence electrons. The smallest absolute Gasteiger partial charge is 0.248 e. The quantitative estimate of drug-likeness (QED) is 0.848. The maximum atomic E-state index is 11.8. The standard InChI is InChI=1S/C15H20N2O2S/c1-4-8-13(18)16-15-17(5-2)14-11(19-6-3)9-7-10-12(14)20-15/h7,9-10H,4-6,8H2,1-3H3. The van der Waals surface area contributed by atoms with Crippen molar-refractivity contribution in [2.24, 2.45) is 4.99 Å². The summed E-state index contributed by atoms with van der Waals surface area (Å²) >= 11 is 1.54. The molecule has 1 amide bonds. The summed E-state index contributed by atoms with van der Waals surface area (Å²) in [4.78, 5) is 16.8. The molecule has 0 bridgehead atoms. The molecule has 0 aliphatic rings. The van der Waals surface area contributed by atoms with Crippen LogP contribution >= 0.6 is 11.3 Å². The molecule has 0 aliphatic carbocycles. The normalized spacial score (nSPS) is 12.1. The first-order valence-electron chi connectivity index (χ1n) is 7.03. The zero-order chi connectivity index (χ0) is 14.5. The van der Waals surface area contributed by atoms with Crippen LogP contribution in [-0.2, 0) is 11.3 Å². The van der Waals surface area contributed by atoms with Crippen molar-refractivity contribution in [3.8, 4) is 5.75 Å². The zero-order valence-corrected chi connectivity index (χ0v) is 13.0. The summed E-state index contributed by atoms with van der Waals surface area (Å²) in [7, 11) is 0. The second-order valence-corrected chi connectivity index (χ2v) is 5.43. The van der Waals surface area contributed by atoms with Crippen LogP contribution in [0, 0.1) is 0 Å². The van der Waals surface area contributed by atoms with Crippen LogP contribution in [0.1, 0.15) is 33.6 Å². The number of para-hydroxylation sites is 1. The van der Waals surface area contributed by atoms with E-state index < -0.39 is 0 Å². The number of aromatic nitrogens is 1. The number of nitrogens with zero attached hydrogens (tertiary/aromatic N) is 2. The van der Waals surface area contributed by atoms with E-state index in [9.17, 15) is 4.79 Å².